The zero-order valence-corrected chi connectivity index (χ0v) is 16.6. The van der Waals surface area contributed by atoms with Gasteiger partial charge in [-0.1, -0.05) is 18.2 Å². The molecule has 2 heterocycles. The first-order valence-electron chi connectivity index (χ1n) is 9.67. The van der Waals surface area contributed by atoms with Gasteiger partial charge in [-0.2, -0.15) is 5.10 Å². The van der Waals surface area contributed by atoms with E-state index >= 15 is 0 Å². The molecule has 4 rings (SSSR count). The Bertz CT molecular complexity index is 972. The summed E-state index contributed by atoms with van der Waals surface area (Å²) in [6.07, 6.45) is 2.55. The van der Waals surface area contributed by atoms with Crippen LogP contribution in [-0.4, -0.2) is 45.5 Å². The molecule has 6 heteroatoms. The quantitative estimate of drug-likeness (QED) is 0.732. The van der Waals surface area contributed by atoms with Gasteiger partial charge in [-0.3, -0.25) is 0 Å². The fourth-order valence-electron chi connectivity index (χ4n) is 3.48. The Labute approximate surface area is 165 Å². The van der Waals surface area contributed by atoms with Gasteiger partial charge in [0, 0.05) is 30.2 Å². The molecule has 0 aliphatic carbocycles. The van der Waals surface area contributed by atoms with Crippen LogP contribution in [0.5, 0.6) is 0 Å². The third-order valence-electron chi connectivity index (χ3n) is 4.80. The van der Waals surface area contributed by atoms with Crippen LogP contribution in [0.1, 0.15) is 27.2 Å². The van der Waals surface area contributed by atoms with Gasteiger partial charge >= 0.3 is 6.09 Å². The zero-order valence-electron chi connectivity index (χ0n) is 16.6. The van der Waals surface area contributed by atoms with E-state index in [9.17, 15) is 4.79 Å². The van der Waals surface area contributed by atoms with Gasteiger partial charge in [0.05, 0.1) is 17.4 Å². The van der Waals surface area contributed by atoms with Crippen molar-refractivity contribution in [3.8, 4) is 5.69 Å². The number of aromatic nitrogens is 2. The maximum atomic E-state index is 12.2. The van der Waals surface area contributed by atoms with Crippen LogP contribution < -0.4 is 5.32 Å². The summed E-state index contributed by atoms with van der Waals surface area (Å²) in [6.45, 7) is 7.04. The standard InChI is InChI=1S/C22H26N4O2/c1-22(2,3)28-21(27)25-13-12-18(15-25)24-17-8-10-19(11-9-17)26-20-7-5-4-6-16(20)14-23-26/h4-11,14,18,24H,12-13,15H2,1-3H3. The minimum absolute atomic E-state index is 0.226. The number of nitrogens with one attached hydrogen (secondary N) is 1. The molecule has 1 amide bonds. The van der Waals surface area contributed by atoms with Crippen molar-refractivity contribution in [1.82, 2.24) is 14.7 Å². The lowest BCUT2D eigenvalue weighted by Crippen LogP contribution is -2.36. The Hall–Kier alpha value is -3.02. The number of para-hydroxylation sites is 1. The third kappa shape index (κ3) is 3.96. The highest BCUT2D eigenvalue weighted by Gasteiger charge is 2.29. The summed E-state index contributed by atoms with van der Waals surface area (Å²) in [6, 6.07) is 16.6. The molecule has 146 valence electrons. The average Bonchev–Trinajstić information content (AvgIpc) is 3.28. The number of benzene rings is 2. The number of hydrogen-bond acceptors (Lipinski definition) is 4. The molecule has 3 aromatic rings. The van der Waals surface area contributed by atoms with Crippen LogP contribution in [0.3, 0.4) is 0 Å². The molecule has 6 nitrogen and oxygen atoms in total. The van der Waals surface area contributed by atoms with E-state index in [2.05, 4.69) is 46.8 Å². The van der Waals surface area contributed by atoms with Crippen molar-refractivity contribution < 1.29 is 9.53 Å². The van der Waals surface area contributed by atoms with Crippen LogP contribution in [0, 0.1) is 0 Å². The van der Waals surface area contributed by atoms with E-state index in [1.807, 2.05) is 43.8 Å². The monoisotopic (exact) mass is 378 g/mol. The van der Waals surface area contributed by atoms with E-state index in [-0.39, 0.29) is 12.1 Å². The summed E-state index contributed by atoms with van der Waals surface area (Å²) < 4.78 is 7.41. The second kappa shape index (κ2) is 7.19. The van der Waals surface area contributed by atoms with Crippen molar-refractivity contribution in [1.29, 1.82) is 0 Å². The molecule has 1 atom stereocenters. The first kappa shape index (κ1) is 18.3. The van der Waals surface area contributed by atoms with Crippen molar-refractivity contribution in [2.45, 2.75) is 38.8 Å². The van der Waals surface area contributed by atoms with Gasteiger partial charge in [-0.15, -0.1) is 0 Å². The van der Waals surface area contributed by atoms with Gasteiger partial charge in [0.15, 0.2) is 0 Å². The van der Waals surface area contributed by atoms with Crippen LogP contribution in [0.25, 0.3) is 16.6 Å². The number of anilines is 1. The topological polar surface area (TPSA) is 59.4 Å². The second-order valence-electron chi connectivity index (χ2n) is 8.22. The van der Waals surface area contributed by atoms with Gasteiger partial charge in [0.25, 0.3) is 0 Å². The Morgan fingerprint density at radius 2 is 1.89 bits per heavy atom. The lowest BCUT2D eigenvalue weighted by molar-refractivity contribution is 0.0293. The smallest absolute Gasteiger partial charge is 0.410 e. The first-order valence-corrected chi connectivity index (χ1v) is 9.67. The van der Waals surface area contributed by atoms with E-state index in [1.54, 1.807) is 4.90 Å². The minimum Gasteiger partial charge on any atom is -0.444 e. The Morgan fingerprint density at radius 1 is 1.14 bits per heavy atom. The molecule has 1 unspecified atom stereocenters. The van der Waals surface area contributed by atoms with E-state index in [1.165, 1.54) is 0 Å². The highest BCUT2D eigenvalue weighted by molar-refractivity contribution is 5.80. The van der Waals surface area contributed by atoms with E-state index < -0.39 is 5.60 Å². The Morgan fingerprint density at radius 3 is 2.64 bits per heavy atom. The van der Waals surface area contributed by atoms with Gasteiger partial charge in [-0.05, 0) is 57.5 Å². The SMILES string of the molecule is CC(C)(C)OC(=O)N1CCC(Nc2ccc(-n3ncc4ccccc43)cc2)C1. The van der Waals surface area contributed by atoms with Gasteiger partial charge in [0.2, 0.25) is 0 Å². The molecule has 28 heavy (non-hydrogen) atoms. The number of carbonyl (C=O) groups excluding carboxylic acids is 1. The molecule has 0 radical (unpaired) electrons. The molecule has 2 aromatic carbocycles. The number of hydrogen-bond donors (Lipinski definition) is 1. The molecular weight excluding hydrogens is 352 g/mol. The molecule has 1 saturated heterocycles. The maximum Gasteiger partial charge on any atom is 0.410 e. The third-order valence-corrected chi connectivity index (χ3v) is 4.80. The Kier molecular flexibility index (Phi) is 4.71. The van der Waals surface area contributed by atoms with E-state index in [0.717, 1.165) is 28.7 Å². The van der Waals surface area contributed by atoms with Gasteiger partial charge in [-0.25, -0.2) is 9.48 Å². The molecule has 1 aliphatic heterocycles. The Balaban J connectivity index is 1.40. The summed E-state index contributed by atoms with van der Waals surface area (Å²) in [5, 5.41) is 9.14. The largest absolute Gasteiger partial charge is 0.444 e. The van der Waals surface area contributed by atoms with Crippen LogP contribution >= 0.6 is 0 Å². The molecular formula is C22H26N4O2. The fourth-order valence-corrected chi connectivity index (χ4v) is 3.48. The van der Waals surface area contributed by atoms with Crippen molar-refractivity contribution in [3.63, 3.8) is 0 Å². The number of rotatable bonds is 3. The number of amides is 1. The van der Waals surface area contributed by atoms with Crippen molar-refractivity contribution in [2.75, 3.05) is 18.4 Å². The zero-order chi connectivity index (χ0) is 19.7. The van der Waals surface area contributed by atoms with Crippen molar-refractivity contribution in [2.24, 2.45) is 0 Å². The summed E-state index contributed by atoms with van der Waals surface area (Å²) in [5.41, 5.74) is 2.69. The average molecular weight is 378 g/mol. The van der Waals surface area contributed by atoms with E-state index in [4.69, 9.17) is 4.74 Å². The highest BCUT2D eigenvalue weighted by atomic mass is 16.6. The van der Waals surface area contributed by atoms with Crippen LogP contribution in [0.2, 0.25) is 0 Å². The number of likely N-dealkylation sites (tertiary alicyclic amines) is 1. The minimum atomic E-state index is -0.463. The number of ether oxygens (including phenoxy) is 1. The van der Waals surface area contributed by atoms with Crippen LogP contribution in [0.4, 0.5) is 10.5 Å². The number of carbonyl (C=O) groups is 1. The molecule has 1 aromatic heterocycles. The molecule has 1 N–H and O–H groups in total. The number of fused-ring (bicyclic) bond motifs is 1. The second-order valence-corrected chi connectivity index (χ2v) is 8.22. The summed E-state index contributed by atoms with van der Waals surface area (Å²) in [4.78, 5) is 14.0. The molecule has 0 bridgehead atoms. The van der Waals surface area contributed by atoms with Crippen LogP contribution in [-0.2, 0) is 4.74 Å². The van der Waals surface area contributed by atoms with Gasteiger partial charge in [0.1, 0.15) is 5.60 Å². The lowest BCUT2D eigenvalue weighted by atomic mass is 10.2. The molecule has 1 fully saturated rings. The fraction of sp³-hybridized carbons (Fsp3) is 0.364. The predicted molar refractivity (Wildman–Crippen MR) is 111 cm³/mol. The lowest BCUT2D eigenvalue weighted by Gasteiger charge is -2.24. The van der Waals surface area contributed by atoms with E-state index in [0.29, 0.717) is 13.1 Å². The maximum absolute atomic E-state index is 12.2. The molecule has 1 aliphatic rings. The summed E-state index contributed by atoms with van der Waals surface area (Å²) in [7, 11) is 0. The van der Waals surface area contributed by atoms with Gasteiger partial charge < -0.3 is 15.0 Å². The van der Waals surface area contributed by atoms with Crippen molar-refractivity contribution in [3.05, 3.63) is 54.7 Å². The highest BCUT2D eigenvalue weighted by Crippen LogP contribution is 2.22. The number of nitrogens with zero attached hydrogens (tertiary/aromatic N) is 3. The normalized spacial score (nSPS) is 17.1. The summed E-state index contributed by atoms with van der Waals surface area (Å²) in [5.74, 6) is 0. The predicted octanol–water partition coefficient (Wildman–Crippen LogP) is 4.45. The van der Waals surface area contributed by atoms with Crippen LogP contribution in [0.15, 0.2) is 54.7 Å². The summed E-state index contributed by atoms with van der Waals surface area (Å²) >= 11 is 0. The van der Waals surface area contributed by atoms with Crippen molar-refractivity contribution >= 4 is 22.7 Å². The molecule has 0 saturated carbocycles. The molecule has 0 spiro atoms. The first-order chi connectivity index (χ1) is 13.4.